The Bertz CT molecular complexity index is 745. The van der Waals surface area contributed by atoms with Crippen LogP contribution in [-0.2, 0) is 16.6 Å². The molecule has 1 unspecified atom stereocenters. The number of hydrogen-bond acceptors (Lipinski definition) is 4. The van der Waals surface area contributed by atoms with E-state index < -0.39 is 0 Å². The van der Waals surface area contributed by atoms with Crippen LogP contribution in [0.3, 0.4) is 0 Å². The van der Waals surface area contributed by atoms with E-state index in [1.165, 1.54) is 6.42 Å². The Labute approximate surface area is 172 Å². The third kappa shape index (κ3) is 5.48. The summed E-state index contributed by atoms with van der Waals surface area (Å²) < 4.78 is 1.70. The third-order valence-electron chi connectivity index (χ3n) is 5.46. The van der Waals surface area contributed by atoms with Crippen molar-refractivity contribution in [3.63, 3.8) is 0 Å². The molecule has 1 atom stereocenters. The average molecular weight is 404 g/mol. The lowest BCUT2D eigenvalue weighted by molar-refractivity contribution is -0.132. The lowest BCUT2D eigenvalue weighted by Gasteiger charge is -2.35. The molecule has 0 saturated carbocycles. The average Bonchev–Trinajstić information content (AvgIpc) is 3.13. The van der Waals surface area contributed by atoms with E-state index in [9.17, 15) is 9.59 Å². The van der Waals surface area contributed by atoms with Crippen LogP contribution in [0.4, 0.5) is 5.69 Å². The van der Waals surface area contributed by atoms with Gasteiger partial charge in [0.25, 0.3) is 0 Å². The van der Waals surface area contributed by atoms with Crippen LogP contribution in [0.25, 0.3) is 0 Å². The number of anilines is 1. The summed E-state index contributed by atoms with van der Waals surface area (Å²) >= 11 is 0. The van der Waals surface area contributed by atoms with Crippen LogP contribution in [0.2, 0.25) is 0 Å². The summed E-state index contributed by atoms with van der Waals surface area (Å²) in [4.78, 5) is 35.4. The van der Waals surface area contributed by atoms with Gasteiger partial charge in [-0.3, -0.25) is 19.3 Å². The number of nitrogens with zero attached hydrogens (tertiary/aromatic N) is 6. The Balaban J connectivity index is 1.55. The van der Waals surface area contributed by atoms with Gasteiger partial charge in [-0.2, -0.15) is 5.10 Å². The van der Waals surface area contributed by atoms with Gasteiger partial charge < -0.3 is 20.0 Å². The third-order valence-corrected chi connectivity index (χ3v) is 5.46. The van der Waals surface area contributed by atoms with Crippen molar-refractivity contribution in [3.05, 3.63) is 12.4 Å². The van der Waals surface area contributed by atoms with Crippen LogP contribution < -0.4 is 10.2 Å². The van der Waals surface area contributed by atoms with E-state index in [0.717, 1.165) is 25.2 Å². The first kappa shape index (κ1) is 21.1. The SMILES string of the molecule is CCNC(=NCCC(=O)N1CCCC(C)C1)N1CCN(c2cnn(C)c2)C(=O)C1. The molecule has 0 aliphatic carbocycles. The van der Waals surface area contributed by atoms with Crippen LogP contribution in [0.15, 0.2) is 17.4 Å². The monoisotopic (exact) mass is 403 g/mol. The number of carbonyl (C=O) groups is 2. The number of piperidine rings is 1. The van der Waals surface area contributed by atoms with Crippen LogP contribution >= 0.6 is 0 Å². The Kier molecular flexibility index (Phi) is 7.11. The first-order valence-electron chi connectivity index (χ1n) is 10.6. The highest BCUT2D eigenvalue weighted by Crippen LogP contribution is 2.17. The summed E-state index contributed by atoms with van der Waals surface area (Å²) in [6.07, 6.45) is 6.25. The van der Waals surface area contributed by atoms with Gasteiger partial charge in [0.2, 0.25) is 11.8 Å². The number of likely N-dealkylation sites (tertiary alicyclic amines) is 1. The summed E-state index contributed by atoms with van der Waals surface area (Å²) in [5, 5.41) is 7.40. The van der Waals surface area contributed by atoms with Crippen molar-refractivity contribution in [2.75, 3.05) is 50.7 Å². The molecular weight excluding hydrogens is 370 g/mol. The molecule has 1 aromatic heterocycles. The van der Waals surface area contributed by atoms with Gasteiger partial charge in [-0.15, -0.1) is 0 Å². The number of hydrogen-bond donors (Lipinski definition) is 1. The number of carbonyl (C=O) groups excluding carboxylic acids is 2. The second-order valence-electron chi connectivity index (χ2n) is 7.91. The van der Waals surface area contributed by atoms with Crippen LogP contribution in [0, 0.1) is 5.92 Å². The summed E-state index contributed by atoms with van der Waals surface area (Å²) in [7, 11) is 1.84. The van der Waals surface area contributed by atoms with E-state index in [0.29, 0.717) is 44.5 Å². The largest absolute Gasteiger partial charge is 0.357 e. The van der Waals surface area contributed by atoms with Gasteiger partial charge >= 0.3 is 0 Å². The normalized spacial score (nSPS) is 20.9. The quantitative estimate of drug-likeness (QED) is 0.577. The zero-order valence-electron chi connectivity index (χ0n) is 17.8. The molecule has 2 fully saturated rings. The summed E-state index contributed by atoms with van der Waals surface area (Å²) in [5.74, 6) is 1.48. The minimum atomic E-state index is 0.0215. The predicted molar refractivity (Wildman–Crippen MR) is 113 cm³/mol. The second-order valence-corrected chi connectivity index (χ2v) is 7.91. The van der Waals surface area contributed by atoms with Crippen molar-refractivity contribution in [1.29, 1.82) is 0 Å². The zero-order chi connectivity index (χ0) is 20.8. The molecule has 0 bridgehead atoms. The summed E-state index contributed by atoms with van der Waals surface area (Å²) in [6, 6.07) is 0. The fraction of sp³-hybridized carbons (Fsp3) is 0.700. The maximum atomic E-state index is 12.6. The van der Waals surface area contributed by atoms with Crippen molar-refractivity contribution in [3.8, 4) is 0 Å². The molecule has 2 saturated heterocycles. The van der Waals surface area contributed by atoms with Crippen molar-refractivity contribution in [2.24, 2.45) is 18.0 Å². The molecule has 1 N–H and O–H groups in total. The van der Waals surface area contributed by atoms with Crippen LogP contribution in [-0.4, -0.2) is 83.2 Å². The fourth-order valence-electron chi connectivity index (χ4n) is 3.93. The summed E-state index contributed by atoms with van der Waals surface area (Å²) in [6.45, 7) is 8.59. The number of aromatic nitrogens is 2. The molecule has 0 radical (unpaired) electrons. The molecule has 2 amide bonds. The zero-order valence-corrected chi connectivity index (χ0v) is 17.8. The van der Waals surface area contributed by atoms with E-state index in [4.69, 9.17) is 0 Å². The lowest BCUT2D eigenvalue weighted by Crippen LogP contribution is -2.55. The number of rotatable bonds is 5. The van der Waals surface area contributed by atoms with Crippen molar-refractivity contribution in [2.45, 2.75) is 33.1 Å². The molecule has 2 aliphatic heterocycles. The molecule has 9 nitrogen and oxygen atoms in total. The highest BCUT2D eigenvalue weighted by Gasteiger charge is 2.28. The van der Waals surface area contributed by atoms with Crippen LogP contribution in [0.1, 0.15) is 33.1 Å². The smallest absolute Gasteiger partial charge is 0.246 e. The first-order valence-corrected chi connectivity index (χ1v) is 10.6. The minimum Gasteiger partial charge on any atom is -0.357 e. The molecular formula is C20H33N7O2. The lowest BCUT2D eigenvalue weighted by atomic mass is 10.00. The second kappa shape index (κ2) is 9.76. The van der Waals surface area contributed by atoms with Crippen molar-refractivity contribution >= 4 is 23.5 Å². The molecule has 160 valence electrons. The Hall–Kier alpha value is -2.58. The maximum Gasteiger partial charge on any atom is 0.246 e. The van der Waals surface area contributed by atoms with Gasteiger partial charge in [-0.1, -0.05) is 6.92 Å². The molecule has 1 aromatic rings. The summed E-state index contributed by atoms with van der Waals surface area (Å²) in [5.41, 5.74) is 0.820. The first-order chi connectivity index (χ1) is 14.0. The Morgan fingerprint density at radius 3 is 2.79 bits per heavy atom. The number of aryl methyl sites for hydroxylation is 1. The van der Waals surface area contributed by atoms with E-state index in [2.05, 4.69) is 22.3 Å². The number of aliphatic imine (C=N–C) groups is 1. The molecule has 0 spiro atoms. The fourth-order valence-corrected chi connectivity index (χ4v) is 3.93. The van der Waals surface area contributed by atoms with Crippen molar-refractivity contribution < 1.29 is 9.59 Å². The molecule has 9 heteroatoms. The molecule has 3 heterocycles. The van der Waals surface area contributed by atoms with Gasteiger partial charge in [0.15, 0.2) is 5.96 Å². The maximum absolute atomic E-state index is 12.6. The number of nitrogens with one attached hydrogen (secondary N) is 1. The van der Waals surface area contributed by atoms with Crippen LogP contribution in [0.5, 0.6) is 0 Å². The topological polar surface area (TPSA) is 86.1 Å². The molecule has 3 rings (SSSR count). The van der Waals surface area contributed by atoms with Gasteiger partial charge in [0.1, 0.15) is 6.54 Å². The standard InChI is InChI=1S/C20H33N7O2/c1-4-21-20(22-8-7-18(28)25-9-5-6-16(2)13-25)26-10-11-27(19(29)15-26)17-12-23-24(3)14-17/h12,14,16H,4-11,13,15H2,1-3H3,(H,21,22). The minimum absolute atomic E-state index is 0.0215. The number of guanidine groups is 1. The highest BCUT2D eigenvalue weighted by atomic mass is 16.2. The van der Waals surface area contributed by atoms with Crippen molar-refractivity contribution in [1.82, 2.24) is 24.9 Å². The number of amides is 2. The van der Waals surface area contributed by atoms with E-state index in [1.54, 1.807) is 15.8 Å². The van der Waals surface area contributed by atoms with Gasteiger partial charge in [-0.25, -0.2) is 0 Å². The highest BCUT2D eigenvalue weighted by molar-refractivity contribution is 5.98. The van der Waals surface area contributed by atoms with Gasteiger partial charge in [0.05, 0.1) is 18.4 Å². The molecule has 2 aliphatic rings. The predicted octanol–water partition coefficient (Wildman–Crippen LogP) is 0.683. The van der Waals surface area contributed by atoms with E-state index >= 15 is 0 Å². The van der Waals surface area contributed by atoms with Gasteiger partial charge in [0, 0.05) is 52.4 Å². The van der Waals surface area contributed by atoms with E-state index in [-0.39, 0.29) is 18.4 Å². The molecule has 29 heavy (non-hydrogen) atoms. The van der Waals surface area contributed by atoms with E-state index in [1.807, 2.05) is 30.0 Å². The molecule has 0 aromatic carbocycles. The Morgan fingerprint density at radius 2 is 2.14 bits per heavy atom. The van der Waals surface area contributed by atoms with Gasteiger partial charge in [-0.05, 0) is 25.7 Å². The Morgan fingerprint density at radius 1 is 1.31 bits per heavy atom. The number of piperazine rings is 1.